The lowest BCUT2D eigenvalue weighted by molar-refractivity contribution is 0.0696. The molecule has 0 aliphatic heterocycles. The van der Waals surface area contributed by atoms with E-state index in [2.05, 4.69) is 5.32 Å². The van der Waals surface area contributed by atoms with Crippen LogP contribution < -0.4 is 5.32 Å². The minimum absolute atomic E-state index is 0.00493. The lowest BCUT2D eigenvalue weighted by Gasteiger charge is -2.15. The summed E-state index contributed by atoms with van der Waals surface area (Å²) >= 11 is 0. The van der Waals surface area contributed by atoms with E-state index in [1.54, 1.807) is 0 Å². The number of anilines is 1. The number of halogens is 2. The highest BCUT2D eigenvalue weighted by molar-refractivity contribution is 5.88. The average molecular weight is 241 g/mol. The molecule has 1 aliphatic rings. The Hall–Kier alpha value is -1.65. The van der Waals surface area contributed by atoms with E-state index in [1.807, 2.05) is 6.92 Å². The van der Waals surface area contributed by atoms with Gasteiger partial charge in [0.2, 0.25) is 0 Å². The van der Waals surface area contributed by atoms with E-state index < -0.39 is 17.6 Å². The Balaban J connectivity index is 2.24. The van der Waals surface area contributed by atoms with Crippen molar-refractivity contribution in [2.45, 2.75) is 25.8 Å². The van der Waals surface area contributed by atoms with Gasteiger partial charge in [0.05, 0.1) is 5.56 Å². The van der Waals surface area contributed by atoms with Gasteiger partial charge in [-0.1, -0.05) is 0 Å². The van der Waals surface area contributed by atoms with E-state index in [9.17, 15) is 13.6 Å². The molecule has 0 amide bonds. The molecule has 1 aromatic rings. The third kappa shape index (κ3) is 2.54. The summed E-state index contributed by atoms with van der Waals surface area (Å²) in [6.07, 6.45) is 2.12. The first-order valence-electron chi connectivity index (χ1n) is 5.48. The van der Waals surface area contributed by atoms with Crippen molar-refractivity contribution < 1.29 is 18.7 Å². The molecule has 1 aliphatic carbocycles. The lowest BCUT2D eigenvalue weighted by atomic mass is 10.1. The molecule has 1 atom stereocenters. The third-order valence-electron chi connectivity index (χ3n) is 2.99. The van der Waals surface area contributed by atoms with Crippen LogP contribution in [0.2, 0.25) is 0 Å². The molecule has 1 aromatic carbocycles. The van der Waals surface area contributed by atoms with Crippen LogP contribution in [0.1, 0.15) is 30.1 Å². The summed E-state index contributed by atoms with van der Waals surface area (Å²) in [5.41, 5.74) is -0.626. The van der Waals surface area contributed by atoms with E-state index in [4.69, 9.17) is 5.11 Å². The Morgan fingerprint density at radius 3 is 2.35 bits per heavy atom. The summed E-state index contributed by atoms with van der Waals surface area (Å²) in [7, 11) is 0. The van der Waals surface area contributed by atoms with Crippen molar-refractivity contribution in [3.63, 3.8) is 0 Å². The smallest absolute Gasteiger partial charge is 0.335 e. The highest BCUT2D eigenvalue weighted by Crippen LogP contribution is 2.34. The second-order valence-corrected chi connectivity index (χ2v) is 4.39. The van der Waals surface area contributed by atoms with Gasteiger partial charge in [0.15, 0.2) is 0 Å². The van der Waals surface area contributed by atoms with Crippen molar-refractivity contribution in [1.82, 2.24) is 0 Å². The first-order chi connectivity index (χ1) is 7.99. The zero-order valence-corrected chi connectivity index (χ0v) is 9.34. The summed E-state index contributed by atoms with van der Waals surface area (Å²) in [5, 5.41) is 11.4. The van der Waals surface area contributed by atoms with Crippen LogP contribution in [0.25, 0.3) is 0 Å². The number of carboxylic acids is 1. The van der Waals surface area contributed by atoms with E-state index in [0.29, 0.717) is 5.92 Å². The molecule has 17 heavy (non-hydrogen) atoms. The van der Waals surface area contributed by atoms with Gasteiger partial charge in [-0.05, 0) is 37.8 Å². The number of carboxylic acid groups (broad SMARTS) is 1. The first kappa shape index (κ1) is 11.8. The first-order valence-corrected chi connectivity index (χ1v) is 5.48. The second-order valence-electron chi connectivity index (χ2n) is 4.39. The van der Waals surface area contributed by atoms with Gasteiger partial charge < -0.3 is 10.4 Å². The summed E-state index contributed by atoms with van der Waals surface area (Å²) in [6, 6.07) is 1.65. The molecule has 1 saturated carbocycles. The van der Waals surface area contributed by atoms with Gasteiger partial charge >= 0.3 is 5.97 Å². The molecule has 0 radical (unpaired) electrons. The zero-order chi connectivity index (χ0) is 12.6. The number of hydrogen-bond acceptors (Lipinski definition) is 2. The van der Waals surface area contributed by atoms with Crippen LogP contribution >= 0.6 is 0 Å². The van der Waals surface area contributed by atoms with Gasteiger partial charge in [-0.15, -0.1) is 0 Å². The molecule has 0 bridgehead atoms. The highest BCUT2D eigenvalue weighted by atomic mass is 19.1. The molecule has 0 saturated heterocycles. The van der Waals surface area contributed by atoms with Crippen molar-refractivity contribution in [2.24, 2.45) is 5.92 Å². The lowest BCUT2D eigenvalue weighted by Crippen LogP contribution is -2.19. The van der Waals surface area contributed by atoms with E-state index >= 15 is 0 Å². The normalized spacial score (nSPS) is 16.6. The maximum atomic E-state index is 13.5. The van der Waals surface area contributed by atoms with Gasteiger partial charge in [0, 0.05) is 6.04 Å². The number of hydrogen-bond donors (Lipinski definition) is 2. The average Bonchev–Trinajstić information content (AvgIpc) is 3.06. The minimum Gasteiger partial charge on any atom is -0.478 e. The number of rotatable bonds is 4. The molecular formula is C12H13F2NO2. The number of nitrogens with one attached hydrogen (secondary N) is 1. The molecule has 0 heterocycles. The number of benzene rings is 1. The van der Waals surface area contributed by atoms with Gasteiger partial charge in [-0.2, -0.15) is 0 Å². The molecule has 3 nitrogen and oxygen atoms in total. The largest absolute Gasteiger partial charge is 0.478 e. The SMILES string of the molecule is CC(Nc1c(F)cc(C(=O)O)cc1F)C1CC1. The maximum absolute atomic E-state index is 13.5. The molecular weight excluding hydrogens is 228 g/mol. The highest BCUT2D eigenvalue weighted by Gasteiger charge is 2.29. The standard InChI is InChI=1S/C12H13F2NO2/c1-6(7-2-3-7)15-11-9(13)4-8(12(16)17)5-10(11)14/h4-7,15H,2-3H2,1H3,(H,16,17). The van der Waals surface area contributed by atoms with Crippen molar-refractivity contribution in [1.29, 1.82) is 0 Å². The summed E-state index contributed by atoms with van der Waals surface area (Å²) in [5.74, 6) is -2.62. The molecule has 5 heteroatoms. The van der Waals surface area contributed by atoms with Crippen molar-refractivity contribution >= 4 is 11.7 Å². The van der Waals surface area contributed by atoms with Crippen LogP contribution in [0, 0.1) is 17.6 Å². The summed E-state index contributed by atoms with van der Waals surface area (Å²) in [6.45, 7) is 1.86. The maximum Gasteiger partial charge on any atom is 0.335 e. The molecule has 0 aromatic heterocycles. The molecule has 2 rings (SSSR count). The molecule has 0 spiro atoms. The molecule has 92 valence electrons. The van der Waals surface area contributed by atoms with Crippen LogP contribution in [0.4, 0.5) is 14.5 Å². The third-order valence-corrected chi connectivity index (χ3v) is 2.99. The van der Waals surface area contributed by atoms with Gasteiger partial charge in [-0.25, -0.2) is 13.6 Å². The quantitative estimate of drug-likeness (QED) is 0.852. The van der Waals surface area contributed by atoms with Crippen molar-refractivity contribution in [2.75, 3.05) is 5.32 Å². The van der Waals surface area contributed by atoms with Crippen molar-refractivity contribution in [3.8, 4) is 0 Å². The Morgan fingerprint density at radius 2 is 1.94 bits per heavy atom. The van der Waals surface area contributed by atoms with Crippen LogP contribution in [0.15, 0.2) is 12.1 Å². The summed E-state index contributed by atoms with van der Waals surface area (Å²) < 4.78 is 27.1. The zero-order valence-electron chi connectivity index (χ0n) is 9.34. The monoisotopic (exact) mass is 241 g/mol. The Labute approximate surface area is 97.5 Å². The van der Waals surface area contributed by atoms with E-state index in [1.165, 1.54) is 0 Å². The van der Waals surface area contributed by atoms with Crippen LogP contribution in [-0.2, 0) is 0 Å². The molecule has 1 fully saturated rings. The van der Waals surface area contributed by atoms with Crippen LogP contribution in [0.3, 0.4) is 0 Å². The summed E-state index contributed by atoms with van der Waals surface area (Å²) in [4.78, 5) is 10.6. The predicted molar refractivity (Wildman–Crippen MR) is 59.1 cm³/mol. The Kier molecular flexibility index (Phi) is 3.00. The number of carbonyl (C=O) groups is 1. The fourth-order valence-corrected chi connectivity index (χ4v) is 1.78. The molecule has 1 unspecified atom stereocenters. The minimum atomic E-state index is -1.34. The Morgan fingerprint density at radius 1 is 1.41 bits per heavy atom. The van der Waals surface area contributed by atoms with Crippen LogP contribution in [0.5, 0.6) is 0 Å². The van der Waals surface area contributed by atoms with E-state index in [0.717, 1.165) is 25.0 Å². The van der Waals surface area contributed by atoms with E-state index in [-0.39, 0.29) is 17.3 Å². The van der Waals surface area contributed by atoms with Gasteiger partial charge in [0.1, 0.15) is 17.3 Å². The fraction of sp³-hybridized carbons (Fsp3) is 0.417. The van der Waals surface area contributed by atoms with Gasteiger partial charge in [0.25, 0.3) is 0 Å². The van der Waals surface area contributed by atoms with Crippen LogP contribution in [-0.4, -0.2) is 17.1 Å². The Bertz CT molecular complexity index is 435. The fourth-order valence-electron chi connectivity index (χ4n) is 1.78. The second kappa shape index (κ2) is 4.31. The topological polar surface area (TPSA) is 49.3 Å². The predicted octanol–water partition coefficient (Wildman–Crippen LogP) is 2.87. The van der Waals surface area contributed by atoms with Gasteiger partial charge in [-0.3, -0.25) is 0 Å². The van der Waals surface area contributed by atoms with Crippen molar-refractivity contribution in [3.05, 3.63) is 29.3 Å². The number of aromatic carboxylic acids is 1. The molecule has 2 N–H and O–H groups in total.